The van der Waals surface area contributed by atoms with E-state index in [9.17, 15) is 28.2 Å². The second-order valence-electron chi connectivity index (χ2n) is 6.13. The molecule has 0 spiro atoms. The number of aliphatic hydroxyl groups excluding tert-OH is 2. The zero-order chi connectivity index (χ0) is 20.7. The van der Waals surface area contributed by atoms with Crippen molar-refractivity contribution in [2.24, 2.45) is 0 Å². The lowest BCUT2D eigenvalue weighted by Crippen LogP contribution is -2.29. The van der Waals surface area contributed by atoms with Gasteiger partial charge in [-0.3, -0.25) is 0 Å². The Bertz CT molecular complexity index is 784. The van der Waals surface area contributed by atoms with Crippen LogP contribution in [0.25, 0.3) is 0 Å². The van der Waals surface area contributed by atoms with Crippen LogP contribution in [0.4, 0.5) is 23.7 Å². The zero-order valence-electron chi connectivity index (χ0n) is 14.8. The van der Waals surface area contributed by atoms with Crippen molar-refractivity contribution in [3.63, 3.8) is 0 Å². The van der Waals surface area contributed by atoms with Crippen LogP contribution in [0, 0.1) is 0 Å². The Morgan fingerprint density at radius 2 is 1.82 bits per heavy atom. The minimum atomic E-state index is -4.60. The van der Waals surface area contributed by atoms with Gasteiger partial charge in [-0.05, 0) is 29.7 Å². The lowest BCUT2D eigenvalue weighted by molar-refractivity contribution is -0.136. The smallest absolute Gasteiger partial charge is 0.418 e. The topological polar surface area (TPSA) is 105 Å². The van der Waals surface area contributed by atoms with Gasteiger partial charge >= 0.3 is 12.3 Å². The predicted octanol–water partition coefficient (Wildman–Crippen LogP) is 3.00. The van der Waals surface area contributed by atoms with Gasteiger partial charge in [-0.1, -0.05) is 36.4 Å². The van der Waals surface area contributed by atoms with Crippen LogP contribution >= 0.6 is 0 Å². The number of anilines is 1. The van der Waals surface area contributed by atoms with Gasteiger partial charge < -0.3 is 26.0 Å². The highest BCUT2D eigenvalue weighted by Gasteiger charge is 2.33. The molecule has 0 fully saturated rings. The molecule has 2 unspecified atom stereocenters. The fourth-order valence-corrected chi connectivity index (χ4v) is 2.50. The van der Waals surface area contributed by atoms with Gasteiger partial charge in [-0.15, -0.1) is 0 Å². The van der Waals surface area contributed by atoms with E-state index in [1.807, 2.05) is 18.2 Å². The number of aliphatic hydroxyl groups is 2. The molecule has 6 nitrogen and oxygen atoms in total. The van der Waals surface area contributed by atoms with Gasteiger partial charge in [0.15, 0.2) is 0 Å². The summed E-state index contributed by atoms with van der Waals surface area (Å²) < 4.78 is 43.1. The van der Waals surface area contributed by atoms with Crippen LogP contribution in [0.2, 0.25) is 0 Å². The van der Waals surface area contributed by atoms with E-state index in [0.29, 0.717) is 0 Å². The first-order valence-electron chi connectivity index (χ1n) is 8.46. The molecule has 0 aliphatic carbocycles. The third-order valence-electron chi connectivity index (χ3n) is 4.01. The molecule has 0 aliphatic heterocycles. The summed E-state index contributed by atoms with van der Waals surface area (Å²) in [5.74, 6) is 0. The van der Waals surface area contributed by atoms with Crippen LogP contribution in [0.1, 0.15) is 29.2 Å². The Kier molecular flexibility index (Phi) is 7.24. The molecule has 0 bridgehead atoms. The summed E-state index contributed by atoms with van der Waals surface area (Å²) in [6.45, 7) is 0.0879. The molecule has 0 aromatic heterocycles. The molecule has 0 saturated carbocycles. The maximum atomic E-state index is 12.7. The Balaban J connectivity index is 1.80. The van der Waals surface area contributed by atoms with E-state index in [1.165, 1.54) is 0 Å². The molecule has 1 amide bonds. The second-order valence-corrected chi connectivity index (χ2v) is 6.13. The fourth-order valence-electron chi connectivity index (χ4n) is 2.50. The summed E-state index contributed by atoms with van der Waals surface area (Å²) >= 11 is 0. The second kappa shape index (κ2) is 9.43. The molecule has 152 valence electrons. The third-order valence-corrected chi connectivity index (χ3v) is 4.01. The summed E-state index contributed by atoms with van der Waals surface area (Å²) in [6.07, 6.45) is -8.10. The van der Waals surface area contributed by atoms with Crippen LogP contribution in [0.15, 0.2) is 48.5 Å². The molecule has 0 saturated heterocycles. The highest BCUT2D eigenvalue weighted by molar-refractivity contribution is 5.67. The van der Waals surface area contributed by atoms with E-state index in [4.69, 9.17) is 10.5 Å². The molecule has 2 aromatic rings. The van der Waals surface area contributed by atoms with Crippen molar-refractivity contribution in [1.29, 1.82) is 0 Å². The maximum Gasteiger partial charge on any atom is 0.418 e. The number of amides is 1. The predicted molar refractivity (Wildman–Crippen MR) is 96.1 cm³/mol. The summed E-state index contributed by atoms with van der Waals surface area (Å²) in [5.41, 5.74) is 4.68. The lowest BCUT2D eigenvalue weighted by atomic mass is 9.99. The number of halogens is 3. The number of hydrogen-bond acceptors (Lipinski definition) is 5. The number of nitrogens with one attached hydrogen (secondary N) is 1. The van der Waals surface area contributed by atoms with E-state index in [2.05, 4.69) is 5.32 Å². The zero-order valence-corrected chi connectivity index (χ0v) is 14.8. The van der Waals surface area contributed by atoms with Crippen molar-refractivity contribution < 1.29 is 32.9 Å². The van der Waals surface area contributed by atoms with Gasteiger partial charge in [0.1, 0.15) is 12.7 Å². The van der Waals surface area contributed by atoms with Crippen molar-refractivity contribution in [3.8, 4) is 0 Å². The molecule has 9 heteroatoms. The molecule has 0 heterocycles. The minimum Gasteiger partial charge on any atom is -0.445 e. The van der Waals surface area contributed by atoms with Crippen molar-refractivity contribution >= 4 is 11.8 Å². The molecule has 2 aromatic carbocycles. The van der Waals surface area contributed by atoms with Crippen LogP contribution in [0.3, 0.4) is 0 Å². The average molecular weight is 398 g/mol. The summed E-state index contributed by atoms with van der Waals surface area (Å²) in [7, 11) is 0. The first-order valence-corrected chi connectivity index (χ1v) is 8.46. The van der Waals surface area contributed by atoms with Crippen molar-refractivity contribution in [2.45, 2.75) is 31.4 Å². The van der Waals surface area contributed by atoms with Crippen molar-refractivity contribution in [2.75, 3.05) is 12.3 Å². The molecular formula is C19H21F3N2O4. The number of carbonyl (C=O) groups excluding carboxylic acids is 1. The fraction of sp³-hybridized carbons (Fsp3) is 0.316. The number of nitrogen functional groups attached to an aromatic ring is 1. The summed E-state index contributed by atoms with van der Waals surface area (Å²) in [6, 6.07) is 11.8. The molecule has 0 radical (unpaired) electrons. The Labute approximate surface area is 159 Å². The van der Waals surface area contributed by atoms with E-state index < -0.39 is 35.7 Å². The molecule has 2 atom stereocenters. The largest absolute Gasteiger partial charge is 0.445 e. The van der Waals surface area contributed by atoms with Crippen LogP contribution in [0.5, 0.6) is 0 Å². The minimum absolute atomic E-state index is 0.00195. The first kappa shape index (κ1) is 21.5. The molecule has 5 N–H and O–H groups in total. The van der Waals surface area contributed by atoms with Gasteiger partial charge in [0.2, 0.25) is 0 Å². The number of benzene rings is 2. The van der Waals surface area contributed by atoms with Crippen LogP contribution < -0.4 is 11.1 Å². The van der Waals surface area contributed by atoms with Crippen molar-refractivity contribution in [1.82, 2.24) is 5.32 Å². The Hall–Kier alpha value is -2.78. The Morgan fingerprint density at radius 1 is 1.14 bits per heavy atom. The number of alkyl carbamates (subject to hydrolysis) is 1. The van der Waals surface area contributed by atoms with E-state index in [1.54, 1.807) is 12.1 Å². The normalized spacial score (nSPS) is 13.6. The van der Waals surface area contributed by atoms with E-state index in [-0.39, 0.29) is 25.1 Å². The standard InChI is InChI=1S/C19H21F3N2O4/c20-19(21,22)14-7-6-13(10-15(14)23)17(26)16(25)8-9-24-18(27)28-11-12-4-2-1-3-5-12/h1-7,10,16-17,25-26H,8-9,11,23H2,(H,24,27). The number of rotatable bonds is 7. The SMILES string of the molecule is Nc1cc(C(O)C(O)CCNC(=O)OCc2ccccc2)ccc1C(F)(F)F. The van der Waals surface area contributed by atoms with Gasteiger partial charge in [0.25, 0.3) is 0 Å². The number of alkyl halides is 3. The monoisotopic (exact) mass is 398 g/mol. The molecule has 0 aliphatic rings. The van der Waals surface area contributed by atoms with Crippen molar-refractivity contribution in [3.05, 3.63) is 65.2 Å². The van der Waals surface area contributed by atoms with Crippen LogP contribution in [-0.4, -0.2) is 29.0 Å². The molecule has 28 heavy (non-hydrogen) atoms. The summed E-state index contributed by atoms with van der Waals surface area (Å²) in [4.78, 5) is 11.6. The average Bonchev–Trinajstić information content (AvgIpc) is 2.65. The highest BCUT2D eigenvalue weighted by Crippen LogP contribution is 2.35. The quantitative estimate of drug-likeness (QED) is 0.537. The maximum absolute atomic E-state index is 12.7. The first-order chi connectivity index (χ1) is 13.2. The Morgan fingerprint density at radius 3 is 2.43 bits per heavy atom. The van der Waals surface area contributed by atoms with Gasteiger partial charge in [-0.2, -0.15) is 13.2 Å². The lowest BCUT2D eigenvalue weighted by Gasteiger charge is -2.20. The number of ether oxygens (including phenoxy) is 1. The number of hydrogen-bond donors (Lipinski definition) is 4. The van der Waals surface area contributed by atoms with E-state index in [0.717, 1.165) is 23.8 Å². The number of nitrogens with two attached hydrogens (primary N) is 1. The summed E-state index contributed by atoms with van der Waals surface area (Å²) in [5, 5.41) is 22.5. The van der Waals surface area contributed by atoms with Gasteiger partial charge in [0, 0.05) is 12.2 Å². The molecule has 2 rings (SSSR count). The molecular weight excluding hydrogens is 377 g/mol. The third kappa shape index (κ3) is 6.14. The van der Waals surface area contributed by atoms with Gasteiger partial charge in [-0.25, -0.2) is 4.79 Å². The highest BCUT2D eigenvalue weighted by atomic mass is 19.4. The van der Waals surface area contributed by atoms with Crippen LogP contribution in [-0.2, 0) is 17.5 Å². The number of carbonyl (C=O) groups is 1. The van der Waals surface area contributed by atoms with Gasteiger partial charge in [0.05, 0.1) is 11.7 Å². The van der Waals surface area contributed by atoms with E-state index >= 15 is 0 Å².